The van der Waals surface area contributed by atoms with Gasteiger partial charge in [-0.3, -0.25) is 9.59 Å². The molecule has 2 unspecified atom stereocenters. The summed E-state index contributed by atoms with van der Waals surface area (Å²) in [7, 11) is 0. The fourth-order valence-corrected chi connectivity index (χ4v) is 2.99. The van der Waals surface area contributed by atoms with Crippen LogP contribution in [-0.4, -0.2) is 17.4 Å². The Bertz CT molecular complexity index is 392. The van der Waals surface area contributed by atoms with Crippen LogP contribution in [0.15, 0.2) is 0 Å². The molecule has 0 saturated heterocycles. The van der Waals surface area contributed by atoms with Gasteiger partial charge in [-0.05, 0) is 51.9 Å². The van der Waals surface area contributed by atoms with Crippen LogP contribution in [0.4, 0.5) is 0 Å². The summed E-state index contributed by atoms with van der Waals surface area (Å²) < 4.78 is 0. The number of hydrogen-bond donors (Lipinski definition) is 2. The quantitative estimate of drug-likeness (QED) is 0.722. The average Bonchev–Trinajstić information content (AvgIpc) is 3.20. The molecule has 0 aliphatic heterocycles. The van der Waals surface area contributed by atoms with E-state index in [1.807, 2.05) is 20.8 Å². The third kappa shape index (κ3) is 5.68. The zero-order chi connectivity index (χ0) is 15.6. The first-order valence-corrected chi connectivity index (χ1v) is 8.37. The van der Waals surface area contributed by atoms with Crippen molar-refractivity contribution in [1.82, 2.24) is 5.32 Å². The molecule has 4 nitrogen and oxygen atoms in total. The maximum Gasteiger partial charge on any atom is 0.224 e. The summed E-state index contributed by atoms with van der Waals surface area (Å²) in [6, 6.07) is 0. The Balaban J connectivity index is 2.02. The van der Waals surface area contributed by atoms with E-state index in [0.29, 0.717) is 5.92 Å². The summed E-state index contributed by atoms with van der Waals surface area (Å²) in [6.07, 6.45) is 7.55. The van der Waals surface area contributed by atoms with Crippen LogP contribution >= 0.6 is 0 Å². The molecule has 0 aromatic rings. The number of rotatable bonds is 8. The Hall–Kier alpha value is -1.06. The molecule has 4 heteroatoms. The van der Waals surface area contributed by atoms with E-state index in [0.717, 1.165) is 25.2 Å². The molecule has 21 heavy (non-hydrogen) atoms. The normalized spacial score (nSPS) is 21.7. The average molecular weight is 294 g/mol. The molecule has 2 aliphatic carbocycles. The third-order valence-corrected chi connectivity index (χ3v) is 4.55. The number of primary amides is 1. The molecule has 2 atom stereocenters. The smallest absolute Gasteiger partial charge is 0.224 e. The number of amides is 2. The lowest BCUT2D eigenvalue weighted by atomic mass is 9.82. The molecule has 0 spiro atoms. The highest BCUT2D eigenvalue weighted by molar-refractivity contribution is 5.87. The molecular formula is C17H30N2O2. The second-order valence-electron chi connectivity index (χ2n) is 8.05. The van der Waals surface area contributed by atoms with E-state index in [4.69, 9.17) is 5.73 Å². The molecule has 0 radical (unpaired) electrons. The standard InChI is InChI=1S/C17H30N2O2/c1-17(2,3)19-16(21)14(10-12-6-7-12)13(15(18)20)9-8-11-4-5-11/h11-14H,4-10H2,1-3H3,(H2,18,20)(H,19,21). The predicted octanol–water partition coefficient (Wildman–Crippen LogP) is 2.61. The van der Waals surface area contributed by atoms with Crippen molar-refractivity contribution < 1.29 is 9.59 Å². The van der Waals surface area contributed by atoms with Crippen LogP contribution in [-0.2, 0) is 9.59 Å². The van der Waals surface area contributed by atoms with Gasteiger partial charge in [0.1, 0.15) is 0 Å². The maximum absolute atomic E-state index is 12.6. The lowest BCUT2D eigenvalue weighted by molar-refractivity contribution is -0.135. The molecule has 2 aliphatic rings. The summed E-state index contributed by atoms with van der Waals surface area (Å²) >= 11 is 0. The SMILES string of the molecule is CC(C)(C)NC(=O)C(CC1CC1)C(CCC1CC1)C(N)=O. The fourth-order valence-electron chi connectivity index (χ4n) is 2.99. The van der Waals surface area contributed by atoms with Gasteiger partial charge >= 0.3 is 0 Å². The molecule has 3 N–H and O–H groups in total. The van der Waals surface area contributed by atoms with Crippen molar-refractivity contribution in [1.29, 1.82) is 0 Å². The van der Waals surface area contributed by atoms with Crippen molar-refractivity contribution in [2.24, 2.45) is 29.4 Å². The van der Waals surface area contributed by atoms with Crippen LogP contribution < -0.4 is 11.1 Å². The zero-order valence-corrected chi connectivity index (χ0v) is 13.7. The lowest BCUT2D eigenvalue weighted by Gasteiger charge is -2.29. The van der Waals surface area contributed by atoms with E-state index >= 15 is 0 Å². The van der Waals surface area contributed by atoms with Gasteiger partial charge in [0.15, 0.2) is 0 Å². The van der Waals surface area contributed by atoms with Crippen molar-refractivity contribution in [3.63, 3.8) is 0 Å². The highest BCUT2D eigenvalue weighted by Gasteiger charge is 2.38. The van der Waals surface area contributed by atoms with Crippen LogP contribution in [0, 0.1) is 23.7 Å². The molecule has 0 heterocycles. The van der Waals surface area contributed by atoms with Gasteiger partial charge in [-0.1, -0.05) is 25.7 Å². The fraction of sp³-hybridized carbons (Fsp3) is 0.882. The van der Waals surface area contributed by atoms with E-state index in [1.165, 1.54) is 25.7 Å². The van der Waals surface area contributed by atoms with Crippen molar-refractivity contribution in [2.45, 2.75) is 71.3 Å². The van der Waals surface area contributed by atoms with Gasteiger partial charge in [-0.2, -0.15) is 0 Å². The highest BCUT2D eigenvalue weighted by atomic mass is 16.2. The topological polar surface area (TPSA) is 72.2 Å². The number of hydrogen-bond acceptors (Lipinski definition) is 2. The maximum atomic E-state index is 12.6. The third-order valence-electron chi connectivity index (χ3n) is 4.55. The first kappa shape index (κ1) is 16.3. The van der Waals surface area contributed by atoms with Crippen LogP contribution in [0.3, 0.4) is 0 Å². The number of carbonyl (C=O) groups is 2. The van der Waals surface area contributed by atoms with Gasteiger partial charge in [-0.15, -0.1) is 0 Å². The Morgan fingerprint density at radius 3 is 2.10 bits per heavy atom. The summed E-state index contributed by atoms with van der Waals surface area (Å²) in [5.74, 6) is 0.545. The molecule has 2 amide bonds. The van der Waals surface area contributed by atoms with Gasteiger partial charge in [0.2, 0.25) is 11.8 Å². The Morgan fingerprint density at radius 2 is 1.67 bits per heavy atom. The van der Waals surface area contributed by atoms with Crippen molar-refractivity contribution >= 4 is 11.8 Å². The van der Waals surface area contributed by atoms with Crippen LogP contribution in [0.5, 0.6) is 0 Å². The van der Waals surface area contributed by atoms with Gasteiger partial charge in [0, 0.05) is 17.4 Å². The second-order valence-corrected chi connectivity index (χ2v) is 8.05. The number of nitrogens with one attached hydrogen (secondary N) is 1. The van der Waals surface area contributed by atoms with E-state index in [2.05, 4.69) is 5.32 Å². The second kappa shape index (κ2) is 6.37. The molecule has 0 bridgehead atoms. The summed E-state index contributed by atoms with van der Waals surface area (Å²) in [4.78, 5) is 24.5. The Kier molecular flexibility index (Phi) is 4.95. The molecule has 0 aromatic heterocycles. The van der Waals surface area contributed by atoms with E-state index < -0.39 is 0 Å². The van der Waals surface area contributed by atoms with Gasteiger partial charge in [0.05, 0.1) is 0 Å². The van der Waals surface area contributed by atoms with E-state index in [-0.39, 0.29) is 29.2 Å². The lowest BCUT2D eigenvalue weighted by Crippen LogP contribution is -2.47. The highest BCUT2D eigenvalue weighted by Crippen LogP contribution is 2.40. The molecule has 0 aromatic carbocycles. The largest absolute Gasteiger partial charge is 0.369 e. The first-order chi connectivity index (χ1) is 9.76. The van der Waals surface area contributed by atoms with E-state index in [1.54, 1.807) is 0 Å². The van der Waals surface area contributed by atoms with Crippen molar-refractivity contribution in [3.8, 4) is 0 Å². The van der Waals surface area contributed by atoms with Crippen molar-refractivity contribution in [2.75, 3.05) is 0 Å². The van der Waals surface area contributed by atoms with Gasteiger partial charge in [-0.25, -0.2) is 0 Å². The molecule has 2 saturated carbocycles. The molecule has 2 rings (SSSR count). The number of nitrogens with two attached hydrogens (primary N) is 1. The molecular weight excluding hydrogens is 264 g/mol. The van der Waals surface area contributed by atoms with Crippen molar-refractivity contribution in [3.05, 3.63) is 0 Å². The molecule has 2 fully saturated rings. The number of carbonyl (C=O) groups excluding carboxylic acids is 2. The summed E-state index contributed by atoms with van der Waals surface area (Å²) in [5.41, 5.74) is 5.36. The van der Waals surface area contributed by atoms with Crippen LogP contribution in [0.2, 0.25) is 0 Å². The minimum absolute atomic E-state index is 0.00833. The minimum atomic E-state index is -0.301. The monoisotopic (exact) mass is 294 g/mol. The minimum Gasteiger partial charge on any atom is -0.369 e. The van der Waals surface area contributed by atoms with Crippen LogP contribution in [0.1, 0.15) is 65.7 Å². The summed E-state index contributed by atoms with van der Waals surface area (Å²) in [6.45, 7) is 5.92. The predicted molar refractivity (Wildman–Crippen MR) is 83.4 cm³/mol. The summed E-state index contributed by atoms with van der Waals surface area (Å²) in [5, 5.41) is 3.04. The van der Waals surface area contributed by atoms with Gasteiger partial charge < -0.3 is 11.1 Å². The van der Waals surface area contributed by atoms with Gasteiger partial charge in [0.25, 0.3) is 0 Å². The van der Waals surface area contributed by atoms with Crippen LogP contribution in [0.25, 0.3) is 0 Å². The Morgan fingerprint density at radius 1 is 1.10 bits per heavy atom. The first-order valence-electron chi connectivity index (χ1n) is 8.37. The zero-order valence-electron chi connectivity index (χ0n) is 13.7. The van der Waals surface area contributed by atoms with E-state index in [9.17, 15) is 9.59 Å². The Labute approximate surface area is 128 Å². The molecule has 120 valence electrons.